The van der Waals surface area contributed by atoms with E-state index in [-0.39, 0.29) is 17.5 Å². The van der Waals surface area contributed by atoms with Crippen LogP contribution in [0, 0.1) is 11.6 Å². The van der Waals surface area contributed by atoms with Gasteiger partial charge in [0.1, 0.15) is 17.3 Å². The first-order valence-electron chi connectivity index (χ1n) is 10.0. The number of rotatable bonds is 6. The molecular formula is C20H24ClF2N4O2S+. The quantitative estimate of drug-likeness (QED) is 0.379. The number of benzene rings is 1. The fourth-order valence-electron chi connectivity index (χ4n) is 3.94. The lowest BCUT2D eigenvalue weighted by atomic mass is 10.2. The van der Waals surface area contributed by atoms with E-state index in [2.05, 4.69) is 14.3 Å². The Kier molecular flexibility index (Phi) is 6.80. The zero-order chi connectivity index (χ0) is 21.1. The summed E-state index contributed by atoms with van der Waals surface area (Å²) in [6.07, 6.45) is 5.42. The van der Waals surface area contributed by atoms with Crippen LogP contribution in [0.1, 0.15) is 25.7 Å². The molecule has 1 aliphatic heterocycles. The Balaban J connectivity index is 1.69. The van der Waals surface area contributed by atoms with Gasteiger partial charge in [-0.25, -0.2) is 8.78 Å². The minimum absolute atomic E-state index is 0.0334. The second-order valence-corrected chi connectivity index (χ2v) is 9.23. The molecule has 162 valence electrons. The Morgan fingerprint density at radius 2 is 1.77 bits per heavy atom. The summed E-state index contributed by atoms with van der Waals surface area (Å²) in [7, 11) is 0. The average molecular weight is 458 g/mol. The fraction of sp³-hybridized carbons (Fsp3) is 0.500. The van der Waals surface area contributed by atoms with Crippen LogP contribution in [0.25, 0.3) is 5.69 Å². The largest absolute Gasteiger partial charge is 0.483 e. The molecule has 0 atom stereocenters. The Hall–Kier alpha value is -1.84. The molecule has 10 heteroatoms. The van der Waals surface area contributed by atoms with Crippen LogP contribution in [0.5, 0.6) is 5.75 Å². The van der Waals surface area contributed by atoms with Crippen molar-refractivity contribution in [2.45, 2.75) is 31.8 Å². The standard InChI is InChI=1S/C20H23ClF2N4O2S/c21-13-30-26-7-5-25(6-8-26)18-12-24-27(16-10-14(22)9-15(23)11-16)20(28)19(18)29-17-3-1-2-4-17/h9-12,17H,1-8,13H2/p+1. The number of piperazine rings is 1. The highest BCUT2D eigenvalue weighted by molar-refractivity contribution is 7.77. The first-order chi connectivity index (χ1) is 14.5. The van der Waals surface area contributed by atoms with Crippen LogP contribution in [0.4, 0.5) is 14.5 Å². The van der Waals surface area contributed by atoms with Crippen molar-refractivity contribution in [1.82, 2.24) is 14.1 Å². The van der Waals surface area contributed by atoms with E-state index in [0.29, 0.717) is 24.0 Å². The second-order valence-electron chi connectivity index (χ2n) is 7.43. The zero-order valence-electron chi connectivity index (χ0n) is 16.4. The van der Waals surface area contributed by atoms with Gasteiger partial charge in [0.2, 0.25) is 5.75 Å². The Morgan fingerprint density at radius 3 is 2.40 bits per heavy atom. The number of halogens is 3. The molecule has 1 saturated heterocycles. The molecule has 0 bridgehead atoms. The Labute approximate surface area is 182 Å². The Bertz CT molecular complexity index is 927. The molecule has 6 nitrogen and oxygen atoms in total. The third-order valence-electron chi connectivity index (χ3n) is 5.44. The molecular weight excluding hydrogens is 434 g/mol. The average Bonchev–Trinajstić information content (AvgIpc) is 3.23. The van der Waals surface area contributed by atoms with E-state index >= 15 is 0 Å². The van der Waals surface area contributed by atoms with Crippen molar-refractivity contribution in [2.75, 3.05) is 36.3 Å². The summed E-state index contributed by atoms with van der Waals surface area (Å²) in [6.45, 7) is 3.06. The van der Waals surface area contributed by atoms with Gasteiger partial charge in [0.05, 0.1) is 43.0 Å². The third-order valence-corrected chi connectivity index (χ3v) is 6.67. The molecule has 2 aliphatic rings. The molecule has 0 unspecified atom stereocenters. The van der Waals surface area contributed by atoms with Crippen molar-refractivity contribution in [3.63, 3.8) is 0 Å². The van der Waals surface area contributed by atoms with E-state index < -0.39 is 17.2 Å². The van der Waals surface area contributed by atoms with Crippen LogP contribution in [-0.2, 0) is 11.9 Å². The lowest BCUT2D eigenvalue weighted by Gasteiger charge is -2.32. The topological polar surface area (TPSA) is 50.6 Å². The molecule has 2 fully saturated rings. The molecule has 1 aromatic heterocycles. The van der Waals surface area contributed by atoms with Crippen LogP contribution in [-0.4, -0.2) is 51.6 Å². The van der Waals surface area contributed by atoms with Crippen LogP contribution in [0.2, 0.25) is 0 Å². The molecule has 2 heterocycles. The SMILES string of the molecule is O=c1c(OC2CCCC2)c(N2CCN([SH+]CCl)CC2)cnn1-c1cc(F)cc(F)c1. The highest BCUT2D eigenvalue weighted by Crippen LogP contribution is 2.30. The molecule has 0 radical (unpaired) electrons. The first-order valence-corrected chi connectivity index (χ1v) is 11.6. The highest BCUT2D eigenvalue weighted by atomic mass is 35.5. The van der Waals surface area contributed by atoms with Gasteiger partial charge in [-0.15, -0.1) is 4.31 Å². The smallest absolute Gasteiger partial charge is 0.316 e. The number of hydrogen-bond acceptors (Lipinski definition) is 5. The summed E-state index contributed by atoms with van der Waals surface area (Å²) in [5.41, 5.74) is 0.152. The molecule has 1 saturated carbocycles. The van der Waals surface area contributed by atoms with Crippen molar-refractivity contribution in [2.24, 2.45) is 0 Å². The van der Waals surface area contributed by atoms with Crippen LogP contribution < -0.4 is 15.2 Å². The molecule has 1 aromatic carbocycles. The molecule has 30 heavy (non-hydrogen) atoms. The second kappa shape index (κ2) is 9.53. The van der Waals surface area contributed by atoms with Gasteiger partial charge in [0.25, 0.3) is 0 Å². The summed E-state index contributed by atoms with van der Waals surface area (Å²) < 4.78 is 36.8. The number of ether oxygens (including phenoxy) is 1. The van der Waals surface area contributed by atoms with Gasteiger partial charge < -0.3 is 9.64 Å². The third kappa shape index (κ3) is 4.73. The highest BCUT2D eigenvalue weighted by Gasteiger charge is 2.28. The van der Waals surface area contributed by atoms with Gasteiger partial charge in [0, 0.05) is 19.2 Å². The van der Waals surface area contributed by atoms with E-state index in [1.807, 2.05) is 0 Å². The van der Waals surface area contributed by atoms with Crippen molar-refractivity contribution in [3.05, 3.63) is 46.4 Å². The molecule has 0 spiro atoms. The predicted molar refractivity (Wildman–Crippen MR) is 116 cm³/mol. The minimum atomic E-state index is -0.768. The molecule has 0 amide bonds. The number of hydrogen-bond donors (Lipinski definition) is 0. The summed E-state index contributed by atoms with van der Waals surface area (Å²) in [4.78, 5) is 15.4. The van der Waals surface area contributed by atoms with E-state index in [4.69, 9.17) is 16.3 Å². The van der Waals surface area contributed by atoms with E-state index in [1.165, 1.54) is 0 Å². The van der Waals surface area contributed by atoms with Crippen LogP contribution >= 0.6 is 11.6 Å². The Morgan fingerprint density at radius 1 is 1.10 bits per heavy atom. The molecule has 0 N–H and O–H groups in total. The van der Waals surface area contributed by atoms with Gasteiger partial charge in [-0.05, 0) is 37.8 Å². The first kappa shape index (κ1) is 21.4. The van der Waals surface area contributed by atoms with Gasteiger partial charge in [-0.2, -0.15) is 9.78 Å². The molecule has 2 aromatic rings. The number of anilines is 1. The summed E-state index contributed by atoms with van der Waals surface area (Å²) in [5.74, 6) is -1.34. The number of nitrogens with zero attached hydrogens (tertiary/aromatic N) is 4. The molecule has 1 aliphatic carbocycles. The van der Waals surface area contributed by atoms with Crippen molar-refractivity contribution >= 4 is 29.2 Å². The van der Waals surface area contributed by atoms with Gasteiger partial charge in [0.15, 0.2) is 5.21 Å². The number of alkyl halides is 1. The minimum Gasteiger partial charge on any atom is -0.483 e. The van der Waals surface area contributed by atoms with Gasteiger partial charge >= 0.3 is 5.56 Å². The monoisotopic (exact) mass is 457 g/mol. The summed E-state index contributed by atoms with van der Waals surface area (Å²) >= 11 is 6.91. The van der Waals surface area contributed by atoms with Gasteiger partial charge in [-0.3, -0.25) is 4.79 Å². The zero-order valence-corrected chi connectivity index (χ0v) is 18.1. The molecule has 4 rings (SSSR count). The van der Waals surface area contributed by atoms with Gasteiger partial charge in [-0.1, -0.05) is 11.6 Å². The van der Waals surface area contributed by atoms with Crippen LogP contribution in [0.15, 0.2) is 29.2 Å². The van der Waals surface area contributed by atoms with E-state index in [0.717, 1.165) is 73.6 Å². The maximum absolute atomic E-state index is 13.7. The van der Waals surface area contributed by atoms with Crippen LogP contribution in [0.3, 0.4) is 0 Å². The predicted octanol–water partition coefficient (Wildman–Crippen LogP) is 2.88. The van der Waals surface area contributed by atoms with Crippen molar-refractivity contribution in [3.8, 4) is 11.4 Å². The van der Waals surface area contributed by atoms with Crippen molar-refractivity contribution < 1.29 is 13.5 Å². The number of aromatic nitrogens is 2. The lowest BCUT2D eigenvalue weighted by molar-refractivity contribution is 0.205. The fourth-order valence-corrected chi connectivity index (χ4v) is 5.00. The number of thiol groups is 1. The maximum atomic E-state index is 13.7. The van der Waals surface area contributed by atoms with E-state index in [9.17, 15) is 13.6 Å². The lowest BCUT2D eigenvalue weighted by Crippen LogP contribution is -2.46. The normalized spacial score (nSPS) is 18.2. The summed E-state index contributed by atoms with van der Waals surface area (Å²) in [5, 5.41) is 4.76. The van der Waals surface area contributed by atoms with Crippen molar-refractivity contribution in [1.29, 1.82) is 0 Å². The maximum Gasteiger partial charge on any atom is 0.316 e. The van der Waals surface area contributed by atoms with E-state index in [1.54, 1.807) is 6.20 Å². The summed E-state index contributed by atoms with van der Waals surface area (Å²) in [6, 6.07) is 2.93.